The quantitative estimate of drug-likeness (QED) is 0.396. The maximum Gasteiger partial charge on any atom is 0.191 e. The van der Waals surface area contributed by atoms with Gasteiger partial charge in [-0.2, -0.15) is 0 Å². The number of morpholine rings is 1. The first-order chi connectivity index (χ1) is 15.7. The van der Waals surface area contributed by atoms with Crippen molar-refractivity contribution in [2.45, 2.75) is 12.6 Å². The summed E-state index contributed by atoms with van der Waals surface area (Å²) in [6.45, 7) is 6.43. The SMILES string of the molecule is CN=C(NCc1cccc(N2CC=CC2)c1)NCC(c1ccc(F)cc1)N1CCOCC1. The third-order valence-electron chi connectivity index (χ3n) is 5.98. The van der Waals surface area contributed by atoms with Gasteiger partial charge >= 0.3 is 0 Å². The lowest BCUT2D eigenvalue weighted by molar-refractivity contribution is 0.0170. The number of hydrogen-bond acceptors (Lipinski definition) is 4. The molecule has 2 N–H and O–H groups in total. The molecule has 32 heavy (non-hydrogen) atoms. The maximum absolute atomic E-state index is 13.5. The molecule has 0 aromatic heterocycles. The lowest BCUT2D eigenvalue weighted by Gasteiger charge is -2.35. The molecule has 0 amide bonds. The highest BCUT2D eigenvalue weighted by Crippen LogP contribution is 2.22. The normalized spacial score (nSPS) is 18.1. The standard InChI is InChI=1S/C25H32FN5O/c1-27-25(28-18-20-5-4-6-23(17-20)30-11-2-3-12-30)29-19-24(31-13-15-32-16-14-31)21-7-9-22(26)10-8-21/h2-10,17,24H,11-16,18-19H2,1H3,(H2,27,28,29). The van der Waals surface area contributed by atoms with E-state index in [1.165, 1.54) is 23.4 Å². The van der Waals surface area contributed by atoms with Crippen molar-refractivity contribution in [1.29, 1.82) is 0 Å². The van der Waals surface area contributed by atoms with Crippen LogP contribution in [0.4, 0.5) is 10.1 Å². The van der Waals surface area contributed by atoms with Gasteiger partial charge in [0.1, 0.15) is 5.82 Å². The molecular formula is C25H32FN5O. The van der Waals surface area contributed by atoms with Crippen LogP contribution in [0.3, 0.4) is 0 Å². The van der Waals surface area contributed by atoms with Gasteiger partial charge in [0, 0.05) is 52.0 Å². The van der Waals surface area contributed by atoms with Crippen LogP contribution in [0, 0.1) is 5.82 Å². The van der Waals surface area contributed by atoms with Crippen LogP contribution in [0.25, 0.3) is 0 Å². The number of ether oxygens (including phenoxy) is 1. The summed E-state index contributed by atoms with van der Waals surface area (Å²) < 4.78 is 19.0. The van der Waals surface area contributed by atoms with Gasteiger partial charge in [0.25, 0.3) is 0 Å². The van der Waals surface area contributed by atoms with E-state index in [1.54, 1.807) is 7.05 Å². The summed E-state index contributed by atoms with van der Waals surface area (Å²) in [7, 11) is 1.78. The first-order valence-corrected chi connectivity index (χ1v) is 11.2. The van der Waals surface area contributed by atoms with Crippen molar-refractivity contribution in [3.05, 3.63) is 77.6 Å². The van der Waals surface area contributed by atoms with Gasteiger partial charge in [0.15, 0.2) is 5.96 Å². The minimum atomic E-state index is -0.216. The second-order valence-corrected chi connectivity index (χ2v) is 8.07. The molecule has 0 spiro atoms. The number of rotatable bonds is 7. The van der Waals surface area contributed by atoms with Gasteiger partial charge in [0.2, 0.25) is 0 Å². The van der Waals surface area contributed by atoms with E-state index >= 15 is 0 Å². The summed E-state index contributed by atoms with van der Waals surface area (Å²) in [5.74, 6) is 0.533. The third kappa shape index (κ3) is 5.87. The minimum Gasteiger partial charge on any atom is -0.379 e. The van der Waals surface area contributed by atoms with Crippen molar-refractivity contribution in [2.75, 3.05) is 57.9 Å². The molecule has 1 fully saturated rings. The van der Waals surface area contributed by atoms with Crippen LogP contribution < -0.4 is 15.5 Å². The van der Waals surface area contributed by atoms with Crippen LogP contribution >= 0.6 is 0 Å². The highest BCUT2D eigenvalue weighted by Gasteiger charge is 2.23. The van der Waals surface area contributed by atoms with E-state index in [0.29, 0.717) is 26.3 Å². The molecule has 4 rings (SSSR count). The summed E-state index contributed by atoms with van der Waals surface area (Å²) in [5.41, 5.74) is 3.53. The van der Waals surface area contributed by atoms with Crippen molar-refractivity contribution in [3.8, 4) is 0 Å². The Balaban J connectivity index is 1.36. The number of aliphatic imine (C=N–C) groups is 1. The average molecular weight is 438 g/mol. The topological polar surface area (TPSA) is 52.1 Å². The highest BCUT2D eigenvalue weighted by atomic mass is 19.1. The number of benzene rings is 2. The Morgan fingerprint density at radius 1 is 1.06 bits per heavy atom. The summed E-state index contributed by atoms with van der Waals surface area (Å²) in [6, 6.07) is 15.5. The molecule has 6 nitrogen and oxygen atoms in total. The van der Waals surface area contributed by atoms with E-state index in [0.717, 1.165) is 37.7 Å². The molecule has 2 heterocycles. The molecule has 1 atom stereocenters. The van der Waals surface area contributed by atoms with Crippen LogP contribution in [0.2, 0.25) is 0 Å². The fourth-order valence-corrected chi connectivity index (χ4v) is 4.18. The zero-order valence-electron chi connectivity index (χ0n) is 18.6. The van der Waals surface area contributed by atoms with Gasteiger partial charge in [-0.3, -0.25) is 9.89 Å². The fourth-order valence-electron chi connectivity index (χ4n) is 4.18. The van der Waals surface area contributed by atoms with Crippen LogP contribution in [0.15, 0.2) is 65.7 Å². The Bertz CT molecular complexity index is 916. The van der Waals surface area contributed by atoms with Crippen molar-refractivity contribution in [2.24, 2.45) is 4.99 Å². The predicted octanol–water partition coefficient (Wildman–Crippen LogP) is 2.94. The van der Waals surface area contributed by atoms with E-state index in [9.17, 15) is 4.39 Å². The third-order valence-corrected chi connectivity index (χ3v) is 5.98. The molecule has 0 bridgehead atoms. The number of halogens is 1. The summed E-state index contributed by atoms with van der Waals surface area (Å²) >= 11 is 0. The second kappa shape index (κ2) is 11.1. The Morgan fingerprint density at radius 2 is 1.81 bits per heavy atom. The first kappa shape index (κ1) is 22.3. The highest BCUT2D eigenvalue weighted by molar-refractivity contribution is 5.79. The van der Waals surface area contributed by atoms with E-state index < -0.39 is 0 Å². The smallest absolute Gasteiger partial charge is 0.191 e. The molecule has 1 saturated heterocycles. The molecule has 7 heteroatoms. The van der Waals surface area contributed by atoms with Crippen molar-refractivity contribution in [3.63, 3.8) is 0 Å². The molecule has 2 aromatic rings. The monoisotopic (exact) mass is 437 g/mol. The summed E-state index contributed by atoms with van der Waals surface area (Å²) in [4.78, 5) is 9.12. The van der Waals surface area contributed by atoms with E-state index in [4.69, 9.17) is 4.74 Å². The lowest BCUT2D eigenvalue weighted by atomic mass is 10.0. The molecule has 0 saturated carbocycles. The van der Waals surface area contributed by atoms with E-state index in [-0.39, 0.29) is 11.9 Å². The van der Waals surface area contributed by atoms with Crippen LogP contribution in [0.1, 0.15) is 17.2 Å². The summed E-state index contributed by atoms with van der Waals surface area (Å²) in [5, 5.41) is 6.89. The van der Waals surface area contributed by atoms with Crippen molar-refractivity contribution in [1.82, 2.24) is 15.5 Å². The molecule has 2 aromatic carbocycles. The lowest BCUT2D eigenvalue weighted by Crippen LogP contribution is -2.46. The van der Waals surface area contributed by atoms with Gasteiger partial charge in [-0.25, -0.2) is 4.39 Å². The Hall–Kier alpha value is -2.90. The number of anilines is 1. The van der Waals surface area contributed by atoms with Crippen LogP contribution in [-0.4, -0.2) is 63.8 Å². The molecule has 0 aliphatic carbocycles. The summed E-state index contributed by atoms with van der Waals surface area (Å²) in [6.07, 6.45) is 4.39. The Kier molecular flexibility index (Phi) is 7.74. The average Bonchev–Trinajstić information content (AvgIpc) is 3.38. The number of nitrogens with zero attached hydrogens (tertiary/aromatic N) is 3. The Morgan fingerprint density at radius 3 is 2.53 bits per heavy atom. The van der Waals surface area contributed by atoms with Crippen LogP contribution in [-0.2, 0) is 11.3 Å². The molecule has 0 radical (unpaired) electrons. The second-order valence-electron chi connectivity index (χ2n) is 8.07. The van der Waals surface area contributed by atoms with Gasteiger partial charge < -0.3 is 20.3 Å². The largest absolute Gasteiger partial charge is 0.379 e. The Labute approximate surface area is 189 Å². The zero-order chi connectivity index (χ0) is 22.2. The zero-order valence-corrected chi connectivity index (χ0v) is 18.6. The molecule has 2 aliphatic heterocycles. The van der Waals surface area contributed by atoms with E-state index in [2.05, 4.69) is 61.8 Å². The molecule has 1 unspecified atom stereocenters. The minimum absolute atomic E-state index is 0.115. The van der Waals surface area contributed by atoms with E-state index in [1.807, 2.05) is 12.1 Å². The first-order valence-electron chi connectivity index (χ1n) is 11.2. The van der Waals surface area contributed by atoms with Gasteiger partial charge in [-0.15, -0.1) is 0 Å². The number of nitrogens with one attached hydrogen (secondary N) is 2. The number of guanidine groups is 1. The van der Waals surface area contributed by atoms with Gasteiger partial charge in [0.05, 0.1) is 19.3 Å². The molecule has 2 aliphatic rings. The number of hydrogen-bond donors (Lipinski definition) is 2. The van der Waals surface area contributed by atoms with Crippen molar-refractivity contribution < 1.29 is 9.13 Å². The van der Waals surface area contributed by atoms with Gasteiger partial charge in [-0.1, -0.05) is 36.4 Å². The van der Waals surface area contributed by atoms with Crippen molar-refractivity contribution >= 4 is 11.6 Å². The molecular weight excluding hydrogens is 405 g/mol. The van der Waals surface area contributed by atoms with Gasteiger partial charge in [-0.05, 0) is 35.4 Å². The predicted molar refractivity (Wildman–Crippen MR) is 128 cm³/mol. The maximum atomic E-state index is 13.5. The molecule has 170 valence electrons. The fraction of sp³-hybridized carbons (Fsp3) is 0.400. The van der Waals surface area contributed by atoms with Crippen LogP contribution in [0.5, 0.6) is 0 Å².